The Balaban J connectivity index is 3.04. The maximum absolute atomic E-state index is 5.67. The lowest BCUT2D eigenvalue weighted by molar-refractivity contribution is -0.0274. The van der Waals surface area contributed by atoms with Crippen molar-refractivity contribution in [2.45, 2.75) is 90.4 Å². The highest BCUT2D eigenvalue weighted by atomic mass is 79.9. The summed E-state index contributed by atoms with van der Waals surface area (Å²) in [6.07, 6.45) is 17.8. The molecule has 0 amide bonds. The van der Waals surface area contributed by atoms with Crippen LogP contribution in [0.4, 0.5) is 0 Å². The molecule has 0 unspecified atom stereocenters. The van der Waals surface area contributed by atoms with Crippen molar-refractivity contribution >= 4 is 15.9 Å². The van der Waals surface area contributed by atoms with E-state index in [0.717, 1.165) is 18.4 Å². The third-order valence-electron chi connectivity index (χ3n) is 7.33. The SMILES string of the molecule is CCCCCCCCCCCCCCCOCCOCCOCCOCCOCCOCCOCCOCCOCCOCCOCCBr. The molecular formula is C37H75BrO11. The van der Waals surface area contributed by atoms with Crippen molar-refractivity contribution < 1.29 is 52.1 Å². The van der Waals surface area contributed by atoms with Gasteiger partial charge >= 0.3 is 0 Å². The molecule has 0 saturated heterocycles. The van der Waals surface area contributed by atoms with Gasteiger partial charge in [-0.3, -0.25) is 0 Å². The summed E-state index contributed by atoms with van der Waals surface area (Å²) in [4.78, 5) is 0. The molecule has 0 atom stereocenters. The van der Waals surface area contributed by atoms with Gasteiger partial charge in [0.25, 0.3) is 0 Å². The number of alkyl halides is 1. The van der Waals surface area contributed by atoms with Gasteiger partial charge in [-0.2, -0.15) is 0 Å². The van der Waals surface area contributed by atoms with Gasteiger partial charge in [-0.15, -0.1) is 0 Å². The van der Waals surface area contributed by atoms with Gasteiger partial charge < -0.3 is 52.1 Å². The Morgan fingerprint density at radius 1 is 0.224 bits per heavy atom. The molecule has 0 aromatic heterocycles. The number of unbranched alkanes of at least 4 members (excludes halogenated alkanes) is 12. The third kappa shape index (κ3) is 48.0. The van der Waals surface area contributed by atoms with E-state index in [2.05, 4.69) is 22.9 Å². The van der Waals surface area contributed by atoms with Crippen LogP contribution in [0.15, 0.2) is 0 Å². The topological polar surface area (TPSA) is 102 Å². The minimum atomic E-state index is 0.526. The van der Waals surface area contributed by atoms with E-state index in [0.29, 0.717) is 139 Å². The van der Waals surface area contributed by atoms with Gasteiger partial charge in [0, 0.05) is 11.9 Å². The first kappa shape index (κ1) is 49.0. The first-order valence-electron chi connectivity index (χ1n) is 19.3. The highest BCUT2D eigenvalue weighted by molar-refractivity contribution is 9.09. The van der Waals surface area contributed by atoms with E-state index >= 15 is 0 Å². The summed E-state index contributed by atoms with van der Waals surface area (Å²) in [5, 5.41) is 0.841. The molecular weight excluding hydrogens is 700 g/mol. The Morgan fingerprint density at radius 3 is 0.633 bits per heavy atom. The molecule has 0 rings (SSSR count). The number of ether oxygens (including phenoxy) is 11. The van der Waals surface area contributed by atoms with Gasteiger partial charge in [0.1, 0.15) is 0 Å². The van der Waals surface area contributed by atoms with Crippen LogP contribution in [0.3, 0.4) is 0 Å². The standard InChI is InChI=1S/C37H75BrO11/c1-2-3-4-5-6-7-8-9-10-11-12-13-14-16-39-18-20-41-22-24-43-26-28-45-30-32-47-34-36-49-37-35-48-33-31-46-29-27-44-25-23-42-21-19-40-17-15-38/h2-37H2,1H3. The minimum absolute atomic E-state index is 0.526. The molecule has 0 aromatic rings. The van der Waals surface area contributed by atoms with Crippen LogP contribution in [0.1, 0.15) is 90.4 Å². The second-order valence-corrected chi connectivity index (χ2v) is 12.5. The lowest BCUT2D eigenvalue weighted by atomic mass is 10.0. The van der Waals surface area contributed by atoms with Crippen molar-refractivity contribution in [1.29, 1.82) is 0 Å². The minimum Gasteiger partial charge on any atom is -0.379 e. The predicted octanol–water partition coefficient (Wildman–Crippen LogP) is 6.66. The Hall–Kier alpha value is 0.0400. The second kappa shape index (κ2) is 48.0. The third-order valence-corrected chi connectivity index (χ3v) is 7.66. The summed E-state index contributed by atoms with van der Waals surface area (Å²) >= 11 is 3.31. The first-order chi connectivity index (χ1) is 24.4. The molecule has 0 N–H and O–H groups in total. The van der Waals surface area contributed by atoms with Gasteiger partial charge in [-0.05, 0) is 6.42 Å². The predicted molar refractivity (Wildman–Crippen MR) is 198 cm³/mol. The lowest BCUT2D eigenvalue weighted by Crippen LogP contribution is -2.15. The number of hydrogen-bond acceptors (Lipinski definition) is 11. The van der Waals surface area contributed by atoms with Gasteiger partial charge in [0.15, 0.2) is 0 Å². The van der Waals surface area contributed by atoms with Crippen molar-refractivity contribution in [2.75, 3.05) is 151 Å². The fraction of sp³-hybridized carbons (Fsp3) is 1.00. The molecule has 0 aliphatic heterocycles. The van der Waals surface area contributed by atoms with E-state index < -0.39 is 0 Å². The number of hydrogen-bond donors (Lipinski definition) is 0. The fourth-order valence-corrected chi connectivity index (χ4v) is 4.81. The quantitative estimate of drug-likeness (QED) is 0.0491. The summed E-state index contributed by atoms with van der Waals surface area (Å²) < 4.78 is 60.4. The zero-order valence-electron chi connectivity index (χ0n) is 31.3. The zero-order chi connectivity index (χ0) is 35.2. The summed E-state index contributed by atoms with van der Waals surface area (Å²) in [5.41, 5.74) is 0. The molecule has 11 nitrogen and oxygen atoms in total. The molecule has 49 heavy (non-hydrogen) atoms. The Morgan fingerprint density at radius 2 is 0.408 bits per heavy atom. The molecule has 12 heteroatoms. The van der Waals surface area contributed by atoms with Gasteiger partial charge in [0.05, 0.1) is 139 Å². The Labute approximate surface area is 308 Å². The van der Waals surface area contributed by atoms with E-state index in [-0.39, 0.29) is 0 Å². The lowest BCUT2D eigenvalue weighted by Gasteiger charge is -2.09. The summed E-state index contributed by atoms with van der Waals surface area (Å²) in [6.45, 7) is 14.9. The van der Waals surface area contributed by atoms with Gasteiger partial charge in [-0.1, -0.05) is 99.9 Å². The van der Waals surface area contributed by atoms with E-state index in [9.17, 15) is 0 Å². The summed E-state index contributed by atoms with van der Waals surface area (Å²) in [6, 6.07) is 0. The number of rotatable bonds is 46. The summed E-state index contributed by atoms with van der Waals surface area (Å²) in [5.74, 6) is 0. The van der Waals surface area contributed by atoms with Crippen LogP contribution in [0, 0.1) is 0 Å². The van der Waals surface area contributed by atoms with Crippen LogP contribution < -0.4 is 0 Å². The van der Waals surface area contributed by atoms with Crippen molar-refractivity contribution in [1.82, 2.24) is 0 Å². The van der Waals surface area contributed by atoms with E-state index in [1.165, 1.54) is 77.0 Å². The van der Waals surface area contributed by atoms with E-state index in [1.807, 2.05) is 0 Å². The second-order valence-electron chi connectivity index (χ2n) is 11.7. The van der Waals surface area contributed by atoms with Crippen LogP contribution >= 0.6 is 15.9 Å². The maximum atomic E-state index is 5.67. The largest absolute Gasteiger partial charge is 0.379 e. The molecule has 0 spiro atoms. The average Bonchev–Trinajstić information content (AvgIpc) is 3.11. The molecule has 0 aliphatic rings. The maximum Gasteiger partial charge on any atom is 0.0701 e. The molecule has 0 aromatic carbocycles. The fourth-order valence-electron chi connectivity index (χ4n) is 4.58. The average molecular weight is 776 g/mol. The Bertz CT molecular complexity index is 520. The van der Waals surface area contributed by atoms with Gasteiger partial charge in [0.2, 0.25) is 0 Å². The molecule has 0 saturated carbocycles. The zero-order valence-corrected chi connectivity index (χ0v) is 32.9. The highest BCUT2D eigenvalue weighted by Gasteiger charge is 1.97. The van der Waals surface area contributed by atoms with Crippen LogP contribution in [-0.4, -0.2) is 151 Å². The highest BCUT2D eigenvalue weighted by Crippen LogP contribution is 2.12. The smallest absolute Gasteiger partial charge is 0.0701 e. The molecule has 0 aliphatic carbocycles. The van der Waals surface area contributed by atoms with E-state index in [4.69, 9.17) is 52.1 Å². The summed E-state index contributed by atoms with van der Waals surface area (Å²) in [7, 11) is 0. The van der Waals surface area contributed by atoms with Crippen LogP contribution in [-0.2, 0) is 52.1 Å². The van der Waals surface area contributed by atoms with Crippen molar-refractivity contribution in [3.63, 3.8) is 0 Å². The Kier molecular flexibility index (Phi) is 48.1. The normalized spacial score (nSPS) is 11.6. The molecule has 0 fully saturated rings. The van der Waals surface area contributed by atoms with E-state index in [1.54, 1.807) is 0 Å². The van der Waals surface area contributed by atoms with Gasteiger partial charge in [-0.25, -0.2) is 0 Å². The van der Waals surface area contributed by atoms with Crippen molar-refractivity contribution in [2.24, 2.45) is 0 Å². The molecule has 0 heterocycles. The molecule has 0 bridgehead atoms. The van der Waals surface area contributed by atoms with Crippen LogP contribution in [0.2, 0.25) is 0 Å². The van der Waals surface area contributed by atoms with Crippen LogP contribution in [0.25, 0.3) is 0 Å². The molecule has 0 radical (unpaired) electrons. The monoisotopic (exact) mass is 774 g/mol. The van der Waals surface area contributed by atoms with Crippen molar-refractivity contribution in [3.05, 3.63) is 0 Å². The number of halogens is 1. The van der Waals surface area contributed by atoms with Crippen LogP contribution in [0.5, 0.6) is 0 Å². The van der Waals surface area contributed by atoms with Crippen molar-refractivity contribution in [3.8, 4) is 0 Å². The molecule has 296 valence electrons. The first-order valence-corrected chi connectivity index (χ1v) is 20.4.